The lowest BCUT2D eigenvalue weighted by atomic mass is 10.4. The number of esters is 1. The van der Waals surface area contributed by atoms with Crippen molar-refractivity contribution >= 4 is 22.4 Å². The Morgan fingerprint density at radius 2 is 1.60 bits per heavy atom. The Hall–Kier alpha value is -0.136. The lowest BCUT2D eigenvalue weighted by molar-refractivity contribution is -0.143. The maximum absolute atomic E-state index is 11.7. The fourth-order valence-corrected chi connectivity index (χ4v) is 17.9. The van der Waals surface area contributed by atoms with Crippen molar-refractivity contribution in [3.05, 3.63) is 0 Å². The highest BCUT2D eigenvalue weighted by Crippen LogP contribution is 2.38. The predicted octanol–water partition coefficient (Wildman–Crippen LogP) is 2.27. The van der Waals surface area contributed by atoms with E-state index in [1.807, 2.05) is 6.92 Å². The van der Waals surface area contributed by atoms with Gasteiger partial charge < -0.3 is 8.97 Å². The summed E-state index contributed by atoms with van der Waals surface area (Å²) in [7, 11) is -1.22. The quantitative estimate of drug-likeness (QED) is 0.552. The third-order valence-electron chi connectivity index (χ3n) is 3.58. The molecule has 0 radical (unpaired) electrons. The second-order valence-corrected chi connectivity index (χ2v) is 15.4. The summed E-state index contributed by atoms with van der Waals surface area (Å²) in [5.74, 6) is -0.0713. The maximum atomic E-state index is 11.7. The van der Waals surface area contributed by atoms with Gasteiger partial charge in [-0.25, -0.2) is 0 Å². The van der Waals surface area contributed by atoms with Crippen molar-refractivity contribution in [3.8, 4) is 0 Å². The Bertz CT molecular complexity index is 250. The van der Waals surface area contributed by atoms with E-state index >= 15 is 0 Å². The van der Waals surface area contributed by atoms with Crippen molar-refractivity contribution in [3.63, 3.8) is 0 Å². The molecule has 1 saturated heterocycles. The Kier molecular flexibility index (Phi) is 3.47. The largest absolute Gasteiger partial charge is 0.468 e. The Morgan fingerprint density at radius 3 is 1.93 bits per heavy atom. The van der Waals surface area contributed by atoms with Crippen molar-refractivity contribution in [1.29, 1.82) is 0 Å². The lowest BCUT2D eigenvalue weighted by Crippen LogP contribution is -2.61. The fraction of sp³-hybridized carbons (Fsp3) is 0.900. The van der Waals surface area contributed by atoms with Crippen LogP contribution in [0.4, 0.5) is 0 Å². The van der Waals surface area contributed by atoms with E-state index in [0.29, 0.717) is 0 Å². The van der Waals surface area contributed by atoms with Crippen LogP contribution in [0.3, 0.4) is 0 Å². The number of rotatable bonds is 2. The lowest BCUT2D eigenvalue weighted by Gasteiger charge is -2.42. The third-order valence-corrected chi connectivity index (χ3v) is 14.0. The Balaban J connectivity index is 2.94. The zero-order valence-corrected chi connectivity index (χ0v) is 12.8. The van der Waals surface area contributed by atoms with Crippen LogP contribution in [0.5, 0.6) is 0 Å². The minimum Gasteiger partial charge on any atom is -0.468 e. The molecule has 0 amide bonds. The van der Waals surface area contributed by atoms with Crippen LogP contribution in [-0.2, 0) is 9.53 Å². The summed E-state index contributed by atoms with van der Waals surface area (Å²) in [5.41, 5.74) is 0. The molecule has 1 atom stereocenters. The van der Waals surface area contributed by atoms with Gasteiger partial charge in [0.25, 0.3) is 0 Å². The molecule has 3 nitrogen and oxygen atoms in total. The summed E-state index contributed by atoms with van der Waals surface area (Å²) in [6.07, 6.45) is 0. The Morgan fingerprint density at radius 1 is 1.20 bits per heavy atom. The van der Waals surface area contributed by atoms with Crippen LogP contribution in [0.1, 0.15) is 6.92 Å². The normalized spacial score (nSPS) is 26.3. The van der Waals surface area contributed by atoms with Crippen molar-refractivity contribution in [1.82, 2.24) is 4.23 Å². The summed E-state index contributed by atoms with van der Waals surface area (Å²) < 4.78 is 7.44. The van der Waals surface area contributed by atoms with E-state index in [0.717, 1.165) is 0 Å². The summed E-state index contributed by atoms with van der Waals surface area (Å²) in [5, 5.41) is 0. The van der Waals surface area contributed by atoms with Gasteiger partial charge in [0, 0.05) is 0 Å². The summed E-state index contributed by atoms with van der Waals surface area (Å²) in [6, 6.07) is 2.61. The van der Waals surface area contributed by atoms with Crippen molar-refractivity contribution in [2.45, 2.75) is 51.2 Å². The predicted molar refractivity (Wildman–Crippen MR) is 67.9 cm³/mol. The summed E-state index contributed by atoms with van der Waals surface area (Å²) >= 11 is 0. The number of ether oxygens (including phenoxy) is 1. The molecule has 0 aliphatic carbocycles. The average Bonchev–Trinajstić information content (AvgIpc) is 2.34. The second-order valence-electron chi connectivity index (χ2n) is 5.69. The minimum atomic E-state index is -1.35. The number of methoxy groups -OCH3 is 1. The zero-order valence-electron chi connectivity index (χ0n) is 10.8. The van der Waals surface area contributed by atoms with Crippen LogP contribution >= 0.6 is 0 Å². The van der Waals surface area contributed by atoms with E-state index in [1.54, 1.807) is 0 Å². The van der Waals surface area contributed by atoms with E-state index in [9.17, 15) is 4.79 Å². The molecule has 0 aromatic carbocycles. The fourth-order valence-electron chi connectivity index (χ4n) is 3.00. The highest BCUT2D eigenvalue weighted by atomic mass is 28.4. The summed E-state index contributed by atoms with van der Waals surface area (Å²) in [6.45, 7) is 11.5. The van der Waals surface area contributed by atoms with E-state index in [1.165, 1.54) is 19.2 Å². The van der Waals surface area contributed by atoms with E-state index < -0.39 is 16.5 Å². The van der Waals surface area contributed by atoms with E-state index in [2.05, 4.69) is 30.4 Å². The minimum absolute atomic E-state index is 0.0409. The average molecular weight is 245 g/mol. The molecular formula is C10H23NO2Si2. The van der Waals surface area contributed by atoms with Crippen LogP contribution in [0.25, 0.3) is 0 Å². The zero-order chi connectivity index (χ0) is 11.9. The second kappa shape index (κ2) is 4.03. The molecule has 0 spiro atoms. The standard InChI is InChI=1S/C10H23NO2Si2/c1-9(10(12)13-2)11-14(3,4)7-8-15(11,5)6/h9H,7-8H2,1-6H3. The van der Waals surface area contributed by atoms with Crippen LogP contribution in [0.15, 0.2) is 0 Å². The van der Waals surface area contributed by atoms with E-state index in [-0.39, 0.29) is 12.0 Å². The molecule has 1 unspecified atom stereocenters. The van der Waals surface area contributed by atoms with Gasteiger partial charge in [0.15, 0.2) is 0 Å². The van der Waals surface area contributed by atoms with Gasteiger partial charge in [0.05, 0.1) is 13.2 Å². The molecule has 0 N–H and O–H groups in total. The van der Waals surface area contributed by atoms with Gasteiger partial charge in [0.2, 0.25) is 0 Å². The van der Waals surface area contributed by atoms with Crippen LogP contribution in [0.2, 0.25) is 38.3 Å². The molecule has 1 aliphatic rings. The van der Waals surface area contributed by atoms with Crippen LogP contribution < -0.4 is 0 Å². The van der Waals surface area contributed by atoms with Crippen LogP contribution in [-0.4, -0.2) is 39.8 Å². The number of hydrogen-bond acceptors (Lipinski definition) is 3. The molecule has 15 heavy (non-hydrogen) atoms. The first-order chi connectivity index (χ1) is 6.72. The Labute approximate surface area is 95.0 Å². The molecule has 1 fully saturated rings. The molecule has 1 heterocycles. The highest BCUT2D eigenvalue weighted by Gasteiger charge is 2.50. The third kappa shape index (κ3) is 2.34. The van der Waals surface area contributed by atoms with Gasteiger partial charge in [0.1, 0.15) is 16.5 Å². The molecule has 5 heteroatoms. The molecule has 0 saturated carbocycles. The molecule has 0 bridgehead atoms. The summed E-state index contributed by atoms with van der Waals surface area (Å²) in [4.78, 5) is 11.7. The number of carbonyl (C=O) groups is 1. The molecule has 1 rings (SSSR count). The van der Waals surface area contributed by atoms with E-state index in [4.69, 9.17) is 4.74 Å². The number of nitrogens with zero attached hydrogens (tertiary/aromatic N) is 1. The number of hydrogen-bond donors (Lipinski definition) is 0. The first-order valence-electron chi connectivity index (χ1n) is 5.60. The van der Waals surface area contributed by atoms with Crippen molar-refractivity contribution in [2.75, 3.05) is 7.11 Å². The maximum Gasteiger partial charge on any atom is 0.321 e. The first-order valence-corrected chi connectivity index (χ1v) is 11.9. The van der Waals surface area contributed by atoms with Gasteiger partial charge in [-0.2, -0.15) is 0 Å². The van der Waals surface area contributed by atoms with Gasteiger partial charge >= 0.3 is 5.97 Å². The van der Waals surface area contributed by atoms with Crippen molar-refractivity contribution < 1.29 is 9.53 Å². The molecule has 1 aliphatic heterocycles. The van der Waals surface area contributed by atoms with Crippen molar-refractivity contribution in [2.24, 2.45) is 0 Å². The molecular weight excluding hydrogens is 222 g/mol. The highest BCUT2D eigenvalue weighted by molar-refractivity contribution is 6.95. The van der Waals surface area contributed by atoms with Gasteiger partial charge in [-0.3, -0.25) is 4.79 Å². The van der Waals surface area contributed by atoms with Gasteiger partial charge in [-0.1, -0.05) is 26.2 Å². The topological polar surface area (TPSA) is 29.5 Å². The molecule has 0 aromatic rings. The van der Waals surface area contributed by atoms with Gasteiger partial charge in [-0.15, -0.1) is 0 Å². The monoisotopic (exact) mass is 245 g/mol. The smallest absolute Gasteiger partial charge is 0.321 e. The number of carbonyl (C=O) groups excluding carboxylic acids is 1. The van der Waals surface area contributed by atoms with Gasteiger partial charge in [-0.05, 0) is 19.0 Å². The molecule has 0 aromatic heterocycles. The SMILES string of the molecule is COC(=O)C(C)N1[Si](C)(C)CC[Si]1(C)C. The molecule has 88 valence electrons. The van der Waals surface area contributed by atoms with Crippen LogP contribution in [0, 0.1) is 0 Å². The first kappa shape index (κ1) is 12.9.